The van der Waals surface area contributed by atoms with Gasteiger partial charge in [0, 0.05) is 11.3 Å². The minimum atomic E-state index is -0.628. The van der Waals surface area contributed by atoms with E-state index >= 15 is 0 Å². The smallest absolute Gasteiger partial charge is 0.343 e. The Morgan fingerprint density at radius 3 is 2.17 bits per heavy atom. The number of aryl methyl sites for hydroxylation is 1. The first-order chi connectivity index (χ1) is 16.9. The number of hydrazone groups is 1. The van der Waals surface area contributed by atoms with Crippen molar-refractivity contribution < 1.29 is 28.5 Å². The molecule has 3 rings (SSSR count). The maximum atomic E-state index is 12.8. The van der Waals surface area contributed by atoms with Crippen molar-refractivity contribution in [3.8, 4) is 23.0 Å². The number of esters is 1. The van der Waals surface area contributed by atoms with Crippen molar-refractivity contribution >= 4 is 23.8 Å². The van der Waals surface area contributed by atoms with Crippen LogP contribution in [0.2, 0.25) is 0 Å². The molecule has 0 spiro atoms. The van der Waals surface area contributed by atoms with Gasteiger partial charge in [0.2, 0.25) is 5.75 Å². The fourth-order valence-electron chi connectivity index (χ4n) is 3.10. The zero-order chi connectivity index (χ0) is 25.2. The molecule has 0 bridgehead atoms. The molecule has 0 aromatic heterocycles. The summed E-state index contributed by atoms with van der Waals surface area (Å²) < 4.78 is 21.4. The number of rotatable bonds is 10. The number of benzene rings is 3. The molecule has 0 heterocycles. The molecule has 0 unspecified atom stereocenters. The molecule has 0 atom stereocenters. The first kappa shape index (κ1) is 25.1. The van der Waals surface area contributed by atoms with Crippen LogP contribution in [-0.4, -0.2) is 46.0 Å². The SMILES string of the molecule is COc1cc(C(=O)Oc2ccccc2/C=N\NC(=O)CNc2ccc(C)cc2)cc(OC)c1OC. The average Bonchev–Trinajstić information content (AvgIpc) is 2.88. The molecule has 3 aromatic rings. The van der Waals surface area contributed by atoms with Gasteiger partial charge in [0.25, 0.3) is 5.91 Å². The van der Waals surface area contributed by atoms with Gasteiger partial charge in [0.1, 0.15) is 5.75 Å². The summed E-state index contributed by atoms with van der Waals surface area (Å²) in [6.07, 6.45) is 1.40. The third kappa shape index (κ3) is 6.73. The Hall–Kier alpha value is -4.53. The Kier molecular flexibility index (Phi) is 8.66. The highest BCUT2D eigenvalue weighted by atomic mass is 16.5. The van der Waals surface area contributed by atoms with Crippen LogP contribution in [0.3, 0.4) is 0 Å². The van der Waals surface area contributed by atoms with E-state index in [4.69, 9.17) is 18.9 Å². The third-order valence-corrected chi connectivity index (χ3v) is 4.92. The Labute approximate surface area is 203 Å². The predicted molar refractivity (Wildman–Crippen MR) is 133 cm³/mol. The summed E-state index contributed by atoms with van der Waals surface area (Å²) in [5, 5.41) is 6.99. The number of amides is 1. The summed E-state index contributed by atoms with van der Waals surface area (Å²) in [5.41, 5.74) is 5.12. The molecule has 0 aliphatic rings. The largest absolute Gasteiger partial charge is 0.493 e. The van der Waals surface area contributed by atoms with E-state index in [1.54, 1.807) is 24.3 Å². The minimum Gasteiger partial charge on any atom is -0.493 e. The number of para-hydroxylation sites is 1. The molecule has 1 amide bonds. The quantitative estimate of drug-likeness (QED) is 0.198. The Morgan fingerprint density at radius 2 is 1.54 bits per heavy atom. The first-order valence-electron chi connectivity index (χ1n) is 10.7. The lowest BCUT2D eigenvalue weighted by atomic mass is 10.1. The van der Waals surface area contributed by atoms with E-state index in [1.165, 1.54) is 39.7 Å². The van der Waals surface area contributed by atoms with E-state index in [0.717, 1.165) is 11.3 Å². The van der Waals surface area contributed by atoms with Crippen molar-refractivity contribution in [3.63, 3.8) is 0 Å². The summed E-state index contributed by atoms with van der Waals surface area (Å²) in [6, 6.07) is 17.5. The number of carbonyl (C=O) groups is 2. The second-order valence-corrected chi connectivity index (χ2v) is 7.35. The van der Waals surface area contributed by atoms with Gasteiger partial charge in [-0.2, -0.15) is 5.10 Å². The lowest BCUT2D eigenvalue weighted by Gasteiger charge is -2.14. The highest BCUT2D eigenvalue weighted by Gasteiger charge is 2.19. The molecule has 0 fully saturated rings. The zero-order valence-electron chi connectivity index (χ0n) is 20.0. The molecule has 0 saturated heterocycles. The molecule has 0 aliphatic carbocycles. The number of carbonyl (C=O) groups excluding carboxylic acids is 2. The zero-order valence-corrected chi connectivity index (χ0v) is 20.0. The van der Waals surface area contributed by atoms with Crippen molar-refractivity contribution in [2.45, 2.75) is 6.92 Å². The van der Waals surface area contributed by atoms with Crippen molar-refractivity contribution in [1.82, 2.24) is 5.43 Å². The van der Waals surface area contributed by atoms with Crippen LogP contribution in [0, 0.1) is 6.92 Å². The molecule has 9 nitrogen and oxygen atoms in total. The topological polar surface area (TPSA) is 107 Å². The van der Waals surface area contributed by atoms with Crippen LogP contribution in [-0.2, 0) is 4.79 Å². The molecular formula is C26H27N3O6. The lowest BCUT2D eigenvalue weighted by Crippen LogP contribution is -2.25. The number of anilines is 1. The number of ether oxygens (including phenoxy) is 4. The van der Waals surface area contributed by atoms with Gasteiger partial charge >= 0.3 is 5.97 Å². The molecule has 9 heteroatoms. The number of nitrogens with zero attached hydrogens (tertiary/aromatic N) is 1. The molecule has 0 aliphatic heterocycles. The molecule has 35 heavy (non-hydrogen) atoms. The van der Waals surface area contributed by atoms with Crippen molar-refractivity contribution in [2.24, 2.45) is 5.10 Å². The van der Waals surface area contributed by atoms with Crippen LogP contribution < -0.4 is 29.7 Å². The van der Waals surface area contributed by atoms with E-state index in [1.807, 2.05) is 31.2 Å². The van der Waals surface area contributed by atoms with Crippen LogP contribution in [0.15, 0.2) is 65.8 Å². The molecule has 0 saturated carbocycles. The Balaban J connectivity index is 1.65. The van der Waals surface area contributed by atoms with Gasteiger partial charge in [-0.05, 0) is 43.3 Å². The van der Waals surface area contributed by atoms with Crippen LogP contribution in [0.25, 0.3) is 0 Å². The predicted octanol–water partition coefficient (Wildman–Crippen LogP) is 3.80. The Bertz CT molecular complexity index is 1180. The number of hydrogen-bond donors (Lipinski definition) is 2. The van der Waals surface area contributed by atoms with Gasteiger partial charge in [-0.1, -0.05) is 29.8 Å². The number of methoxy groups -OCH3 is 3. The number of hydrogen-bond acceptors (Lipinski definition) is 8. The van der Waals surface area contributed by atoms with Gasteiger partial charge in [-0.15, -0.1) is 0 Å². The molecule has 182 valence electrons. The minimum absolute atomic E-state index is 0.0537. The molecular weight excluding hydrogens is 450 g/mol. The third-order valence-electron chi connectivity index (χ3n) is 4.92. The van der Waals surface area contributed by atoms with Crippen LogP contribution in [0.1, 0.15) is 21.5 Å². The summed E-state index contributed by atoms with van der Waals surface area (Å²) in [4.78, 5) is 24.9. The van der Waals surface area contributed by atoms with Gasteiger partial charge < -0.3 is 24.3 Å². The summed E-state index contributed by atoms with van der Waals surface area (Å²) in [6.45, 7) is 2.04. The fraction of sp³-hybridized carbons (Fsp3) is 0.192. The first-order valence-corrected chi connectivity index (χ1v) is 10.7. The lowest BCUT2D eigenvalue weighted by molar-refractivity contribution is -0.119. The van der Waals surface area contributed by atoms with E-state index < -0.39 is 5.97 Å². The van der Waals surface area contributed by atoms with Crippen LogP contribution in [0.4, 0.5) is 5.69 Å². The fourth-order valence-corrected chi connectivity index (χ4v) is 3.10. The summed E-state index contributed by atoms with van der Waals surface area (Å²) in [5.74, 6) is 0.338. The monoisotopic (exact) mass is 477 g/mol. The average molecular weight is 478 g/mol. The van der Waals surface area contributed by atoms with Gasteiger partial charge in [-0.25, -0.2) is 10.2 Å². The highest BCUT2D eigenvalue weighted by molar-refractivity contribution is 5.94. The number of nitrogens with one attached hydrogen (secondary N) is 2. The second-order valence-electron chi connectivity index (χ2n) is 7.35. The van der Waals surface area contributed by atoms with E-state index in [2.05, 4.69) is 15.8 Å². The molecule has 2 N–H and O–H groups in total. The van der Waals surface area contributed by atoms with E-state index in [0.29, 0.717) is 22.8 Å². The maximum Gasteiger partial charge on any atom is 0.343 e. The summed E-state index contributed by atoms with van der Waals surface area (Å²) >= 11 is 0. The standard InChI is InChI=1S/C26H27N3O6/c1-17-9-11-20(12-10-17)27-16-24(30)29-28-15-18-7-5-6-8-21(18)35-26(31)19-13-22(32-2)25(34-4)23(14-19)33-3/h5-15,27H,16H2,1-4H3,(H,29,30)/b28-15-. The Morgan fingerprint density at radius 1 is 0.886 bits per heavy atom. The molecule has 3 aromatic carbocycles. The van der Waals surface area contributed by atoms with Crippen LogP contribution >= 0.6 is 0 Å². The maximum absolute atomic E-state index is 12.8. The van der Waals surface area contributed by atoms with Gasteiger partial charge in [0.15, 0.2) is 11.5 Å². The van der Waals surface area contributed by atoms with Crippen molar-refractivity contribution in [1.29, 1.82) is 0 Å². The van der Waals surface area contributed by atoms with Crippen LogP contribution in [0.5, 0.6) is 23.0 Å². The summed E-state index contributed by atoms with van der Waals surface area (Å²) in [7, 11) is 4.40. The van der Waals surface area contributed by atoms with Crippen molar-refractivity contribution in [3.05, 3.63) is 77.4 Å². The molecule has 0 radical (unpaired) electrons. The second kappa shape index (κ2) is 12.1. The van der Waals surface area contributed by atoms with Gasteiger partial charge in [0.05, 0.1) is 39.7 Å². The van der Waals surface area contributed by atoms with E-state index in [-0.39, 0.29) is 23.8 Å². The van der Waals surface area contributed by atoms with E-state index in [9.17, 15) is 9.59 Å². The van der Waals surface area contributed by atoms with Crippen molar-refractivity contribution in [2.75, 3.05) is 33.2 Å². The normalized spacial score (nSPS) is 10.5. The van der Waals surface area contributed by atoms with Gasteiger partial charge in [-0.3, -0.25) is 4.79 Å². The highest BCUT2D eigenvalue weighted by Crippen LogP contribution is 2.38.